The highest BCUT2D eigenvalue weighted by Crippen LogP contribution is 2.61. The molecule has 1 heterocycles. The smallest absolute Gasteiger partial charge is 0.119 e. The fourth-order valence-corrected chi connectivity index (χ4v) is 3.99. The highest BCUT2D eigenvalue weighted by Gasteiger charge is 2.64. The van der Waals surface area contributed by atoms with E-state index in [9.17, 15) is 5.26 Å². The predicted octanol–water partition coefficient (Wildman–Crippen LogP) is 4.88. The van der Waals surface area contributed by atoms with Gasteiger partial charge in [0.15, 0.2) is 0 Å². The Morgan fingerprint density at radius 1 is 1.03 bits per heavy atom. The van der Waals surface area contributed by atoms with Crippen molar-refractivity contribution in [3.8, 4) is 11.8 Å². The van der Waals surface area contributed by atoms with Crippen molar-refractivity contribution in [2.75, 3.05) is 0 Å². The molecule has 3 aromatic rings. The molecule has 1 aromatic heterocycles. The summed E-state index contributed by atoms with van der Waals surface area (Å²) in [4.78, 5) is 4.05. The van der Waals surface area contributed by atoms with Crippen molar-refractivity contribution in [3.63, 3.8) is 0 Å². The lowest BCUT2D eigenvalue weighted by atomic mass is 10.0. The minimum atomic E-state index is -0.655. The second kappa shape index (κ2) is 7.69. The summed E-state index contributed by atoms with van der Waals surface area (Å²) in [6.07, 6.45) is 3.44. The lowest BCUT2D eigenvalue weighted by molar-refractivity contribution is 0.306. The normalized spacial score (nSPS) is 22.9. The first-order valence-corrected chi connectivity index (χ1v) is 9.94. The van der Waals surface area contributed by atoms with Crippen LogP contribution < -0.4 is 10.5 Å². The summed E-state index contributed by atoms with van der Waals surface area (Å²) in [5.41, 5.74) is 10.5. The molecule has 1 aliphatic rings. The van der Waals surface area contributed by atoms with Gasteiger partial charge in [0, 0.05) is 18.3 Å². The molecule has 4 rings (SSSR count). The largest absolute Gasteiger partial charge is 0.489 e. The van der Waals surface area contributed by atoms with Crippen molar-refractivity contribution >= 4 is 0 Å². The van der Waals surface area contributed by atoms with Crippen LogP contribution in [0.3, 0.4) is 0 Å². The van der Waals surface area contributed by atoms with Crippen LogP contribution in [0.25, 0.3) is 0 Å². The molecule has 0 radical (unpaired) electrons. The van der Waals surface area contributed by atoms with Crippen LogP contribution in [-0.4, -0.2) is 4.98 Å². The Kier molecular flexibility index (Phi) is 5.08. The maximum atomic E-state index is 9.58. The number of hydrogen-bond donors (Lipinski definition) is 1. The van der Waals surface area contributed by atoms with Crippen LogP contribution in [-0.2, 0) is 12.1 Å². The second-order valence-corrected chi connectivity index (χ2v) is 8.01. The topological polar surface area (TPSA) is 71.9 Å². The summed E-state index contributed by atoms with van der Waals surface area (Å²) in [5.74, 6) is 1.07. The van der Waals surface area contributed by atoms with Gasteiger partial charge >= 0.3 is 0 Å². The Bertz CT molecular complexity index is 1010. The average Bonchev–Trinajstić information content (AvgIpc) is 3.39. The number of pyridine rings is 1. The third-order valence-corrected chi connectivity index (χ3v) is 5.86. The van der Waals surface area contributed by atoms with Crippen molar-refractivity contribution in [2.45, 2.75) is 37.8 Å². The van der Waals surface area contributed by atoms with Gasteiger partial charge in [0.2, 0.25) is 0 Å². The van der Waals surface area contributed by atoms with Gasteiger partial charge in [0.05, 0.1) is 17.5 Å². The lowest BCUT2D eigenvalue weighted by Crippen LogP contribution is -2.23. The van der Waals surface area contributed by atoms with E-state index >= 15 is 0 Å². The van der Waals surface area contributed by atoms with Crippen molar-refractivity contribution < 1.29 is 4.74 Å². The Morgan fingerprint density at radius 2 is 1.69 bits per heavy atom. The number of hydrogen-bond acceptors (Lipinski definition) is 4. The van der Waals surface area contributed by atoms with Crippen LogP contribution in [0.2, 0.25) is 0 Å². The van der Waals surface area contributed by atoms with Gasteiger partial charge in [0.25, 0.3) is 0 Å². The summed E-state index contributed by atoms with van der Waals surface area (Å²) in [6.45, 7) is 4.91. The van der Waals surface area contributed by atoms with E-state index in [2.05, 4.69) is 49.2 Å². The van der Waals surface area contributed by atoms with E-state index in [4.69, 9.17) is 10.5 Å². The monoisotopic (exact) mass is 383 g/mol. The molecule has 3 atom stereocenters. The van der Waals surface area contributed by atoms with Gasteiger partial charge in [-0.05, 0) is 52.4 Å². The lowest BCUT2D eigenvalue weighted by Gasteiger charge is -2.12. The molecule has 3 unspecified atom stereocenters. The minimum Gasteiger partial charge on any atom is -0.489 e. The second-order valence-electron chi connectivity index (χ2n) is 8.01. The summed E-state index contributed by atoms with van der Waals surface area (Å²) in [6, 6.07) is 22.6. The van der Waals surface area contributed by atoms with Crippen LogP contribution in [0.4, 0.5) is 0 Å². The number of nitrogens with two attached hydrogens (primary N) is 1. The number of benzene rings is 2. The molecule has 1 fully saturated rings. The zero-order chi connectivity index (χ0) is 20.4. The zero-order valence-corrected chi connectivity index (χ0v) is 16.7. The van der Waals surface area contributed by atoms with E-state index in [1.165, 1.54) is 5.56 Å². The van der Waals surface area contributed by atoms with E-state index in [0.29, 0.717) is 12.5 Å². The van der Waals surface area contributed by atoms with Gasteiger partial charge in [0.1, 0.15) is 12.4 Å². The molecule has 1 saturated carbocycles. The summed E-state index contributed by atoms with van der Waals surface area (Å²) < 4.78 is 5.93. The Labute approximate surface area is 172 Å². The van der Waals surface area contributed by atoms with Gasteiger partial charge in [-0.2, -0.15) is 5.26 Å². The van der Waals surface area contributed by atoms with Crippen LogP contribution in [0.15, 0.2) is 73.1 Å². The number of ether oxygens (including phenoxy) is 1. The van der Waals surface area contributed by atoms with Gasteiger partial charge in [-0.3, -0.25) is 4.98 Å². The molecule has 0 saturated heterocycles. The number of nitrogens with zero attached hydrogens (tertiary/aromatic N) is 2. The van der Waals surface area contributed by atoms with Crippen LogP contribution in [0.1, 0.15) is 47.9 Å². The maximum Gasteiger partial charge on any atom is 0.119 e. The predicted molar refractivity (Wildman–Crippen MR) is 113 cm³/mol. The fourth-order valence-electron chi connectivity index (χ4n) is 3.99. The Morgan fingerprint density at radius 3 is 2.28 bits per heavy atom. The van der Waals surface area contributed by atoms with E-state index in [1.807, 2.05) is 36.4 Å². The summed E-state index contributed by atoms with van der Waals surface area (Å²) in [7, 11) is 0. The van der Waals surface area contributed by atoms with Crippen molar-refractivity contribution in [1.29, 1.82) is 5.26 Å². The molecule has 1 aliphatic carbocycles. The number of rotatable bonds is 6. The molecule has 0 bridgehead atoms. The van der Waals surface area contributed by atoms with E-state index < -0.39 is 5.54 Å². The number of nitriles is 1. The third-order valence-electron chi connectivity index (χ3n) is 5.86. The van der Waals surface area contributed by atoms with Crippen molar-refractivity contribution in [2.24, 2.45) is 11.7 Å². The van der Waals surface area contributed by atoms with Crippen LogP contribution in [0, 0.1) is 17.2 Å². The Hall–Kier alpha value is -3.16. The molecule has 2 aromatic carbocycles. The SMILES string of the molecule is CC(C)c1ccc(COc2ccc(C3C(C#N)C3(N)c3ccncc3)cc2)cc1. The molecular weight excluding hydrogens is 358 g/mol. The first kappa shape index (κ1) is 19.2. The summed E-state index contributed by atoms with van der Waals surface area (Å²) in [5, 5.41) is 9.58. The van der Waals surface area contributed by atoms with Crippen molar-refractivity contribution in [1.82, 2.24) is 4.98 Å². The maximum absolute atomic E-state index is 9.58. The molecule has 0 aliphatic heterocycles. The third kappa shape index (κ3) is 3.62. The quantitative estimate of drug-likeness (QED) is 0.659. The molecule has 146 valence electrons. The first-order valence-electron chi connectivity index (χ1n) is 9.94. The van der Waals surface area contributed by atoms with E-state index in [-0.39, 0.29) is 11.8 Å². The van der Waals surface area contributed by atoms with Crippen molar-refractivity contribution in [3.05, 3.63) is 95.3 Å². The minimum absolute atomic E-state index is 0.0208. The van der Waals surface area contributed by atoms with Gasteiger partial charge in [-0.25, -0.2) is 0 Å². The first-order chi connectivity index (χ1) is 14.0. The standard InChI is InChI=1S/C25H25N3O/c1-17(2)19-5-3-18(4-6-19)16-29-22-9-7-20(8-10-22)24-23(15-26)25(24,27)21-11-13-28-14-12-21/h3-14,17,23-24H,16,27H2,1-2H3. The molecule has 29 heavy (non-hydrogen) atoms. The molecule has 4 heteroatoms. The van der Waals surface area contributed by atoms with Gasteiger partial charge in [-0.15, -0.1) is 0 Å². The molecule has 2 N–H and O–H groups in total. The molecule has 0 spiro atoms. The fraction of sp³-hybridized carbons (Fsp3) is 0.280. The number of aromatic nitrogens is 1. The average molecular weight is 383 g/mol. The molecular formula is C25H25N3O. The van der Waals surface area contributed by atoms with Crippen LogP contribution >= 0.6 is 0 Å². The summed E-state index contributed by atoms with van der Waals surface area (Å²) >= 11 is 0. The van der Waals surface area contributed by atoms with Gasteiger partial charge in [-0.1, -0.05) is 50.2 Å². The highest BCUT2D eigenvalue weighted by atomic mass is 16.5. The van der Waals surface area contributed by atoms with E-state index in [1.54, 1.807) is 12.4 Å². The molecule has 0 amide bonds. The zero-order valence-electron chi connectivity index (χ0n) is 16.7. The van der Waals surface area contributed by atoms with Gasteiger partial charge < -0.3 is 10.5 Å². The Balaban J connectivity index is 1.44. The van der Waals surface area contributed by atoms with E-state index in [0.717, 1.165) is 22.4 Å². The highest BCUT2D eigenvalue weighted by molar-refractivity contribution is 5.48. The molecule has 4 nitrogen and oxygen atoms in total. The van der Waals surface area contributed by atoms with Crippen LogP contribution in [0.5, 0.6) is 5.75 Å².